The van der Waals surface area contributed by atoms with Gasteiger partial charge in [-0.25, -0.2) is 0 Å². The molecule has 0 aromatic carbocycles. The van der Waals surface area contributed by atoms with Crippen LogP contribution in [0.1, 0.15) is 19.3 Å². The molecule has 0 aliphatic carbocycles. The van der Waals surface area contributed by atoms with Crippen molar-refractivity contribution in [2.75, 3.05) is 33.0 Å². The smallest absolute Gasteiger partial charge is 0.0949 e. The maximum absolute atomic E-state index is 12.8. The summed E-state index contributed by atoms with van der Waals surface area (Å²) in [5, 5.41) is 3.34. The van der Waals surface area contributed by atoms with Crippen molar-refractivity contribution in [3.63, 3.8) is 0 Å². The molecule has 2 rings (SSSR count). The monoisotopic (exact) mass is 187 g/mol. The van der Waals surface area contributed by atoms with E-state index >= 15 is 0 Å². The van der Waals surface area contributed by atoms with Crippen LogP contribution in [0.5, 0.6) is 0 Å². The van der Waals surface area contributed by atoms with Crippen LogP contribution in [0.3, 0.4) is 0 Å². The predicted octanol–water partition coefficient (Wildman–Crippen LogP) is 1.36. The molecule has 76 valence electrons. The zero-order valence-electron chi connectivity index (χ0n) is 8.02. The molecular formula is C10H18FNO. The summed E-state index contributed by atoms with van der Waals surface area (Å²) >= 11 is 0. The third-order valence-electron chi connectivity index (χ3n) is 3.71. The Morgan fingerprint density at radius 2 is 2.08 bits per heavy atom. The van der Waals surface area contributed by atoms with Gasteiger partial charge in [-0.15, -0.1) is 0 Å². The quantitative estimate of drug-likeness (QED) is 0.669. The fourth-order valence-corrected chi connectivity index (χ4v) is 2.67. The number of hydrogen-bond donors (Lipinski definition) is 1. The van der Waals surface area contributed by atoms with Crippen molar-refractivity contribution in [1.82, 2.24) is 5.32 Å². The predicted molar refractivity (Wildman–Crippen MR) is 49.4 cm³/mol. The van der Waals surface area contributed by atoms with Crippen LogP contribution in [0.15, 0.2) is 0 Å². The minimum Gasteiger partial charge on any atom is -0.381 e. The van der Waals surface area contributed by atoms with Gasteiger partial charge < -0.3 is 10.1 Å². The second-order valence-corrected chi connectivity index (χ2v) is 4.29. The molecule has 13 heavy (non-hydrogen) atoms. The molecule has 2 nitrogen and oxygen atoms in total. The fraction of sp³-hybridized carbons (Fsp3) is 1.00. The van der Waals surface area contributed by atoms with E-state index in [1.807, 2.05) is 0 Å². The van der Waals surface area contributed by atoms with E-state index in [-0.39, 0.29) is 18.0 Å². The molecule has 2 saturated heterocycles. The molecule has 2 aliphatic heterocycles. The third kappa shape index (κ3) is 1.72. The van der Waals surface area contributed by atoms with E-state index in [2.05, 4.69) is 5.32 Å². The highest BCUT2D eigenvalue weighted by atomic mass is 19.1. The van der Waals surface area contributed by atoms with E-state index in [0.717, 1.165) is 39.0 Å². The van der Waals surface area contributed by atoms with E-state index < -0.39 is 0 Å². The van der Waals surface area contributed by atoms with Crippen LogP contribution < -0.4 is 5.32 Å². The first-order chi connectivity index (χ1) is 6.37. The lowest BCUT2D eigenvalue weighted by atomic mass is 9.66. The van der Waals surface area contributed by atoms with Crippen LogP contribution >= 0.6 is 0 Å². The van der Waals surface area contributed by atoms with Crippen molar-refractivity contribution >= 4 is 0 Å². The summed E-state index contributed by atoms with van der Waals surface area (Å²) in [6.45, 7) is 3.36. The van der Waals surface area contributed by atoms with Gasteiger partial charge in [0.1, 0.15) is 0 Å². The first kappa shape index (κ1) is 9.41. The van der Waals surface area contributed by atoms with E-state index in [4.69, 9.17) is 4.74 Å². The van der Waals surface area contributed by atoms with E-state index in [9.17, 15) is 4.39 Å². The number of nitrogens with one attached hydrogen (secondary N) is 1. The zero-order chi connectivity index (χ0) is 9.15. The normalized spacial score (nSPS) is 33.5. The summed E-state index contributed by atoms with van der Waals surface area (Å²) in [5.74, 6) is 0.156. The molecule has 0 aromatic heterocycles. The van der Waals surface area contributed by atoms with Crippen LogP contribution in [-0.2, 0) is 4.74 Å². The first-order valence-corrected chi connectivity index (χ1v) is 5.22. The van der Waals surface area contributed by atoms with Gasteiger partial charge in [-0.05, 0) is 37.8 Å². The number of halogens is 1. The Morgan fingerprint density at radius 3 is 2.77 bits per heavy atom. The highest BCUT2D eigenvalue weighted by Gasteiger charge is 2.41. The van der Waals surface area contributed by atoms with Gasteiger partial charge in [-0.3, -0.25) is 4.39 Å². The van der Waals surface area contributed by atoms with Gasteiger partial charge in [0.15, 0.2) is 0 Å². The van der Waals surface area contributed by atoms with Crippen LogP contribution in [-0.4, -0.2) is 33.0 Å². The molecule has 1 atom stereocenters. The lowest BCUT2D eigenvalue weighted by Gasteiger charge is -2.45. The Kier molecular flexibility index (Phi) is 2.84. The molecule has 0 amide bonds. The van der Waals surface area contributed by atoms with E-state index in [1.54, 1.807) is 0 Å². The lowest BCUT2D eigenvalue weighted by Crippen LogP contribution is -2.47. The largest absolute Gasteiger partial charge is 0.381 e. The van der Waals surface area contributed by atoms with Gasteiger partial charge in [0.25, 0.3) is 0 Å². The highest BCUT2D eigenvalue weighted by molar-refractivity contribution is 4.92. The average Bonchev–Trinajstić information content (AvgIpc) is 2.20. The van der Waals surface area contributed by atoms with E-state index in [0.29, 0.717) is 6.61 Å². The Labute approximate surface area is 78.8 Å². The van der Waals surface area contributed by atoms with Crippen molar-refractivity contribution < 1.29 is 9.13 Å². The maximum Gasteiger partial charge on any atom is 0.0949 e. The highest BCUT2D eigenvalue weighted by Crippen LogP contribution is 2.43. The molecule has 1 spiro atoms. The van der Waals surface area contributed by atoms with Gasteiger partial charge in [-0.2, -0.15) is 0 Å². The molecule has 2 fully saturated rings. The van der Waals surface area contributed by atoms with Crippen molar-refractivity contribution in [3.05, 3.63) is 0 Å². The molecule has 1 N–H and O–H groups in total. The minimum atomic E-state index is -0.208. The maximum atomic E-state index is 12.8. The number of rotatable bonds is 1. The summed E-state index contributed by atoms with van der Waals surface area (Å²) in [4.78, 5) is 0. The molecule has 2 aliphatic rings. The van der Waals surface area contributed by atoms with Crippen molar-refractivity contribution in [1.29, 1.82) is 0 Å². The summed E-state index contributed by atoms with van der Waals surface area (Å²) in [6.07, 6.45) is 3.32. The number of piperidine rings is 1. The summed E-state index contributed by atoms with van der Waals surface area (Å²) < 4.78 is 18.1. The Hall–Kier alpha value is -0.150. The average molecular weight is 187 g/mol. The molecule has 0 aromatic rings. The topological polar surface area (TPSA) is 21.3 Å². The van der Waals surface area contributed by atoms with Gasteiger partial charge in [-0.1, -0.05) is 0 Å². The fourth-order valence-electron chi connectivity index (χ4n) is 2.67. The zero-order valence-corrected chi connectivity index (χ0v) is 8.02. The molecule has 2 heterocycles. The van der Waals surface area contributed by atoms with Crippen LogP contribution in [0, 0.1) is 11.3 Å². The van der Waals surface area contributed by atoms with Crippen LogP contribution in [0.4, 0.5) is 4.39 Å². The second kappa shape index (κ2) is 3.93. The number of ether oxygens (including phenoxy) is 1. The Morgan fingerprint density at radius 1 is 1.31 bits per heavy atom. The second-order valence-electron chi connectivity index (χ2n) is 4.29. The minimum absolute atomic E-state index is 0.156. The SMILES string of the molecule is FCC1COCCC12CCNCC2. The van der Waals surface area contributed by atoms with Gasteiger partial charge in [0.05, 0.1) is 13.3 Å². The number of alkyl halides is 1. The standard InChI is InChI=1S/C10H18FNO/c11-7-9-8-13-6-3-10(9)1-4-12-5-2-10/h9,12H,1-8H2. The van der Waals surface area contributed by atoms with Crippen LogP contribution in [0.2, 0.25) is 0 Å². The Balaban J connectivity index is 2.06. The first-order valence-electron chi connectivity index (χ1n) is 5.22. The van der Waals surface area contributed by atoms with Gasteiger partial charge in [0.2, 0.25) is 0 Å². The van der Waals surface area contributed by atoms with Gasteiger partial charge in [0, 0.05) is 12.5 Å². The van der Waals surface area contributed by atoms with Crippen LogP contribution in [0.25, 0.3) is 0 Å². The van der Waals surface area contributed by atoms with Crippen molar-refractivity contribution in [3.8, 4) is 0 Å². The third-order valence-corrected chi connectivity index (χ3v) is 3.71. The number of hydrogen-bond acceptors (Lipinski definition) is 2. The van der Waals surface area contributed by atoms with Crippen molar-refractivity contribution in [2.24, 2.45) is 11.3 Å². The molecule has 0 radical (unpaired) electrons. The molecular weight excluding hydrogens is 169 g/mol. The molecule has 0 bridgehead atoms. The lowest BCUT2D eigenvalue weighted by molar-refractivity contribution is -0.0649. The summed E-state index contributed by atoms with van der Waals surface area (Å²) in [5.41, 5.74) is 0.262. The molecule has 1 unspecified atom stereocenters. The molecule has 0 saturated carbocycles. The van der Waals surface area contributed by atoms with Gasteiger partial charge >= 0.3 is 0 Å². The Bertz CT molecular complexity index is 160. The van der Waals surface area contributed by atoms with E-state index in [1.165, 1.54) is 0 Å². The summed E-state index contributed by atoms with van der Waals surface area (Å²) in [7, 11) is 0. The summed E-state index contributed by atoms with van der Waals surface area (Å²) in [6, 6.07) is 0. The molecule has 3 heteroatoms. The van der Waals surface area contributed by atoms with Crippen molar-refractivity contribution in [2.45, 2.75) is 19.3 Å².